The number of nitrogens with zero attached hydrogens (tertiary/aromatic N) is 2. The minimum absolute atomic E-state index is 0.186. The molecule has 1 amide bonds. The van der Waals surface area contributed by atoms with Gasteiger partial charge in [0.05, 0.1) is 37.5 Å². The number of aromatic nitrogens is 2. The van der Waals surface area contributed by atoms with Gasteiger partial charge in [-0.15, -0.1) is 0 Å². The van der Waals surface area contributed by atoms with Crippen LogP contribution in [0.25, 0.3) is 11.0 Å². The molecule has 0 radical (unpaired) electrons. The average Bonchev–Trinajstić information content (AvgIpc) is 3.65. The molecule has 9 heteroatoms. The van der Waals surface area contributed by atoms with Crippen LogP contribution in [0.15, 0.2) is 82.2 Å². The summed E-state index contributed by atoms with van der Waals surface area (Å²) in [6.45, 7) is 0.864. The minimum Gasteiger partial charge on any atom is -0.467 e. The van der Waals surface area contributed by atoms with Gasteiger partial charge in [-0.05, 0) is 52.7 Å². The lowest BCUT2D eigenvalue weighted by molar-refractivity contribution is 0.0590. The molecule has 8 nitrogen and oxygen atoms in total. The molecule has 0 atom stereocenters. The van der Waals surface area contributed by atoms with Gasteiger partial charge in [0.25, 0.3) is 5.91 Å². The standard InChI is InChI=1S/C26H22N4O4S/c1-33-26(32)23-22(29-25(31)18-6-3-2-4-7-18)21-12-19(27-13-17-9-11-35-16-17)14-28-24(21)30(23)15-20-8-5-10-34-20/h2-12,14,16,27H,13,15H2,1H3,(H,29,31). The first-order valence-corrected chi connectivity index (χ1v) is 11.8. The third-order valence-electron chi connectivity index (χ3n) is 5.52. The van der Waals surface area contributed by atoms with Crippen LogP contribution in [0.4, 0.5) is 11.4 Å². The van der Waals surface area contributed by atoms with E-state index in [1.807, 2.05) is 29.6 Å². The average molecular weight is 487 g/mol. The number of benzene rings is 1. The molecule has 0 unspecified atom stereocenters. The van der Waals surface area contributed by atoms with Crippen molar-refractivity contribution in [2.24, 2.45) is 0 Å². The molecule has 4 heterocycles. The van der Waals surface area contributed by atoms with E-state index in [2.05, 4.69) is 21.0 Å². The van der Waals surface area contributed by atoms with E-state index in [-0.39, 0.29) is 18.1 Å². The van der Waals surface area contributed by atoms with E-state index in [0.29, 0.717) is 34.6 Å². The normalized spacial score (nSPS) is 10.9. The first-order chi connectivity index (χ1) is 17.1. The number of fused-ring (bicyclic) bond motifs is 1. The highest BCUT2D eigenvalue weighted by atomic mass is 32.1. The first-order valence-electron chi connectivity index (χ1n) is 10.9. The number of carbonyl (C=O) groups is 2. The summed E-state index contributed by atoms with van der Waals surface area (Å²) in [4.78, 5) is 30.7. The number of methoxy groups -OCH3 is 1. The van der Waals surface area contributed by atoms with Crippen molar-refractivity contribution in [1.82, 2.24) is 9.55 Å². The molecule has 0 fully saturated rings. The summed E-state index contributed by atoms with van der Waals surface area (Å²) in [6, 6.07) is 16.3. The van der Waals surface area contributed by atoms with Crippen molar-refractivity contribution in [1.29, 1.82) is 0 Å². The van der Waals surface area contributed by atoms with E-state index in [0.717, 1.165) is 11.3 Å². The molecule has 1 aromatic carbocycles. The molecule has 5 rings (SSSR count). The van der Waals surface area contributed by atoms with E-state index in [1.54, 1.807) is 58.7 Å². The molecule has 0 saturated carbocycles. The maximum atomic E-state index is 13.1. The van der Waals surface area contributed by atoms with Crippen LogP contribution in [0.3, 0.4) is 0 Å². The fourth-order valence-corrected chi connectivity index (χ4v) is 4.51. The van der Waals surface area contributed by atoms with E-state index in [1.165, 1.54) is 7.11 Å². The summed E-state index contributed by atoms with van der Waals surface area (Å²) in [5.41, 5.74) is 3.41. The highest BCUT2D eigenvalue weighted by Crippen LogP contribution is 2.34. The number of pyridine rings is 1. The lowest BCUT2D eigenvalue weighted by atomic mass is 10.2. The van der Waals surface area contributed by atoms with Crippen molar-refractivity contribution in [2.75, 3.05) is 17.7 Å². The van der Waals surface area contributed by atoms with Gasteiger partial charge in [0.15, 0.2) is 5.69 Å². The fraction of sp³-hybridized carbons (Fsp3) is 0.115. The number of thiophene rings is 1. The van der Waals surface area contributed by atoms with Crippen molar-refractivity contribution < 1.29 is 18.7 Å². The third kappa shape index (κ3) is 4.67. The molecule has 0 aliphatic rings. The number of rotatable bonds is 8. The molecule has 2 N–H and O–H groups in total. The zero-order valence-electron chi connectivity index (χ0n) is 18.9. The highest BCUT2D eigenvalue weighted by molar-refractivity contribution is 7.07. The van der Waals surface area contributed by atoms with Crippen molar-refractivity contribution in [3.8, 4) is 0 Å². The van der Waals surface area contributed by atoms with Crippen LogP contribution in [0, 0.1) is 0 Å². The SMILES string of the molecule is COC(=O)c1c(NC(=O)c2ccccc2)c2cc(NCc3ccsc3)cnc2n1Cc1ccco1. The predicted molar refractivity (Wildman–Crippen MR) is 135 cm³/mol. The first kappa shape index (κ1) is 22.4. The van der Waals surface area contributed by atoms with Gasteiger partial charge in [-0.2, -0.15) is 11.3 Å². The van der Waals surface area contributed by atoms with Gasteiger partial charge < -0.3 is 24.4 Å². The zero-order valence-corrected chi connectivity index (χ0v) is 19.7. The number of hydrogen-bond donors (Lipinski definition) is 2. The van der Waals surface area contributed by atoms with E-state index in [4.69, 9.17) is 9.15 Å². The second kappa shape index (κ2) is 9.86. The molecular formula is C26H22N4O4S. The lowest BCUT2D eigenvalue weighted by Gasteiger charge is -2.10. The molecule has 4 aromatic heterocycles. The van der Waals surface area contributed by atoms with E-state index in [9.17, 15) is 9.59 Å². The van der Waals surface area contributed by atoms with Gasteiger partial charge in [0.2, 0.25) is 0 Å². The number of anilines is 2. The van der Waals surface area contributed by atoms with Crippen LogP contribution in [-0.2, 0) is 17.8 Å². The molecule has 5 aromatic rings. The van der Waals surface area contributed by atoms with Gasteiger partial charge in [-0.3, -0.25) is 4.79 Å². The van der Waals surface area contributed by atoms with Crippen LogP contribution >= 0.6 is 11.3 Å². The Balaban J connectivity index is 1.62. The van der Waals surface area contributed by atoms with Gasteiger partial charge in [-0.1, -0.05) is 18.2 Å². The lowest BCUT2D eigenvalue weighted by Crippen LogP contribution is -2.17. The van der Waals surface area contributed by atoms with E-state index >= 15 is 0 Å². The van der Waals surface area contributed by atoms with Crippen molar-refractivity contribution >= 4 is 45.6 Å². The van der Waals surface area contributed by atoms with Crippen LogP contribution in [0.5, 0.6) is 0 Å². The fourth-order valence-electron chi connectivity index (χ4n) is 3.84. The van der Waals surface area contributed by atoms with Crippen LogP contribution < -0.4 is 10.6 Å². The maximum absolute atomic E-state index is 13.1. The summed E-state index contributed by atoms with van der Waals surface area (Å²) < 4.78 is 12.3. The van der Waals surface area contributed by atoms with Crippen LogP contribution in [0.2, 0.25) is 0 Å². The third-order valence-corrected chi connectivity index (χ3v) is 6.25. The Labute approximate surface area is 205 Å². The minimum atomic E-state index is -0.592. The summed E-state index contributed by atoms with van der Waals surface area (Å²) in [5.74, 6) is -0.301. The van der Waals surface area contributed by atoms with Crippen LogP contribution in [-0.4, -0.2) is 28.5 Å². The summed E-state index contributed by atoms with van der Waals surface area (Å²) in [7, 11) is 1.31. The molecule has 0 aliphatic heterocycles. The summed E-state index contributed by atoms with van der Waals surface area (Å²) in [5, 5.41) is 11.0. The highest BCUT2D eigenvalue weighted by Gasteiger charge is 2.27. The Morgan fingerprint density at radius 3 is 2.71 bits per heavy atom. The van der Waals surface area contributed by atoms with Gasteiger partial charge >= 0.3 is 5.97 Å². The second-order valence-corrected chi connectivity index (χ2v) is 8.56. The number of nitrogens with one attached hydrogen (secondary N) is 2. The smallest absolute Gasteiger partial charge is 0.356 e. The molecular weight excluding hydrogens is 464 g/mol. The topological polar surface area (TPSA) is 98.4 Å². The maximum Gasteiger partial charge on any atom is 0.356 e. The number of carbonyl (C=O) groups excluding carboxylic acids is 2. The number of amides is 1. The van der Waals surface area contributed by atoms with Gasteiger partial charge in [0, 0.05) is 17.5 Å². The van der Waals surface area contributed by atoms with Crippen molar-refractivity contribution in [3.63, 3.8) is 0 Å². The van der Waals surface area contributed by atoms with Gasteiger partial charge in [-0.25, -0.2) is 9.78 Å². The molecule has 35 heavy (non-hydrogen) atoms. The molecule has 0 bridgehead atoms. The summed E-state index contributed by atoms with van der Waals surface area (Å²) in [6.07, 6.45) is 3.27. The summed E-state index contributed by atoms with van der Waals surface area (Å²) >= 11 is 1.63. The van der Waals surface area contributed by atoms with E-state index < -0.39 is 5.97 Å². The Morgan fingerprint density at radius 1 is 1.14 bits per heavy atom. The Hall–Kier alpha value is -4.37. The molecule has 0 aliphatic carbocycles. The number of hydrogen-bond acceptors (Lipinski definition) is 7. The zero-order chi connectivity index (χ0) is 24.2. The number of ether oxygens (including phenoxy) is 1. The second-order valence-electron chi connectivity index (χ2n) is 7.78. The largest absolute Gasteiger partial charge is 0.467 e. The Bertz CT molecular complexity index is 1460. The quantitative estimate of drug-likeness (QED) is 0.285. The molecule has 0 saturated heterocycles. The predicted octanol–water partition coefficient (Wildman–Crippen LogP) is 5.39. The van der Waals surface area contributed by atoms with Crippen molar-refractivity contribution in [3.05, 3.63) is 100 Å². The monoisotopic (exact) mass is 486 g/mol. The molecule has 0 spiro atoms. The van der Waals surface area contributed by atoms with Crippen LogP contribution in [0.1, 0.15) is 32.2 Å². The van der Waals surface area contributed by atoms with Gasteiger partial charge in [0.1, 0.15) is 11.4 Å². The number of esters is 1. The van der Waals surface area contributed by atoms with Crippen molar-refractivity contribution in [2.45, 2.75) is 13.1 Å². The molecule has 176 valence electrons. The number of furan rings is 1. The Kier molecular flexibility index (Phi) is 6.32. The Morgan fingerprint density at radius 2 is 2.00 bits per heavy atom.